The standard InChI is InChI=1S/C25H33N5O3/c1-16(2)13-20-23(25(20,5)6)24(31)28-11-9-27(10-12-28)19-7-8-21(30(32)33)22(15-19)29-18(4)14-17(3)26-29/h7-8,13-15,20,23H,9-12H2,1-6H3/t20-,23+/m0/s1. The van der Waals surface area contributed by atoms with Crippen molar-refractivity contribution in [2.75, 3.05) is 31.1 Å². The Morgan fingerprint density at radius 3 is 2.36 bits per heavy atom. The molecule has 8 heteroatoms. The molecule has 1 aromatic carbocycles. The molecule has 1 amide bonds. The maximum Gasteiger partial charge on any atom is 0.295 e. The van der Waals surface area contributed by atoms with Crippen molar-refractivity contribution in [3.05, 3.63) is 57.4 Å². The number of amides is 1. The van der Waals surface area contributed by atoms with Crippen LogP contribution in [0.15, 0.2) is 35.9 Å². The number of carbonyl (C=O) groups excluding carboxylic acids is 1. The normalized spacial score (nSPS) is 21.6. The second kappa shape index (κ2) is 8.32. The number of nitro groups is 1. The average Bonchev–Trinajstić information content (AvgIpc) is 3.10. The molecular formula is C25H33N5O3. The zero-order valence-corrected chi connectivity index (χ0v) is 20.3. The largest absolute Gasteiger partial charge is 0.368 e. The Hall–Kier alpha value is -3.16. The molecule has 0 unspecified atom stereocenters. The minimum atomic E-state index is -0.369. The molecule has 2 heterocycles. The van der Waals surface area contributed by atoms with Gasteiger partial charge >= 0.3 is 0 Å². The third-order valence-corrected chi connectivity index (χ3v) is 7.04. The molecule has 2 aliphatic rings. The highest BCUT2D eigenvalue weighted by Crippen LogP contribution is 2.60. The molecule has 8 nitrogen and oxygen atoms in total. The van der Waals surface area contributed by atoms with Crippen molar-refractivity contribution in [2.45, 2.75) is 41.5 Å². The van der Waals surface area contributed by atoms with Crippen LogP contribution in [-0.4, -0.2) is 51.7 Å². The summed E-state index contributed by atoms with van der Waals surface area (Å²) in [6.45, 7) is 15.0. The van der Waals surface area contributed by atoms with E-state index in [1.165, 1.54) is 5.57 Å². The Morgan fingerprint density at radius 1 is 1.15 bits per heavy atom. The molecule has 1 aliphatic carbocycles. The number of carbonyl (C=O) groups is 1. The number of nitro benzene ring substituents is 1. The quantitative estimate of drug-likeness (QED) is 0.385. The topological polar surface area (TPSA) is 84.5 Å². The van der Waals surface area contributed by atoms with E-state index in [0.29, 0.717) is 37.8 Å². The third-order valence-electron chi connectivity index (χ3n) is 7.04. The number of allylic oxidation sites excluding steroid dienone is 2. The summed E-state index contributed by atoms with van der Waals surface area (Å²) >= 11 is 0. The van der Waals surface area contributed by atoms with Gasteiger partial charge in [-0.1, -0.05) is 25.5 Å². The van der Waals surface area contributed by atoms with Gasteiger partial charge in [0, 0.05) is 43.6 Å². The zero-order valence-electron chi connectivity index (χ0n) is 20.3. The van der Waals surface area contributed by atoms with E-state index in [1.54, 1.807) is 16.8 Å². The zero-order chi connectivity index (χ0) is 24.1. The Kier molecular flexibility index (Phi) is 5.80. The lowest BCUT2D eigenvalue weighted by atomic mass is 10.1. The van der Waals surface area contributed by atoms with Crippen molar-refractivity contribution < 1.29 is 9.72 Å². The SMILES string of the molecule is CC(C)=C[C@H]1[C@H](C(=O)N2CCN(c3ccc([N+](=O)[O-])c(-n4nc(C)cc4C)c3)CC2)C1(C)C. The molecule has 1 aliphatic heterocycles. The Morgan fingerprint density at radius 2 is 1.82 bits per heavy atom. The summed E-state index contributed by atoms with van der Waals surface area (Å²) in [6, 6.07) is 7.08. The molecule has 0 radical (unpaired) electrons. The lowest BCUT2D eigenvalue weighted by molar-refractivity contribution is -0.384. The monoisotopic (exact) mass is 451 g/mol. The number of rotatable bonds is 5. The molecule has 0 bridgehead atoms. The second-order valence-corrected chi connectivity index (χ2v) is 10.2. The summed E-state index contributed by atoms with van der Waals surface area (Å²) in [5.41, 5.74) is 4.33. The fourth-order valence-corrected chi connectivity index (χ4v) is 5.11. The molecule has 4 rings (SSSR count). The number of hydrogen-bond donors (Lipinski definition) is 0. The van der Waals surface area contributed by atoms with Crippen LogP contribution >= 0.6 is 0 Å². The van der Waals surface area contributed by atoms with E-state index >= 15 is 0 Å². The molecular weight excluding hydrogens is 418 g/mol. The van der Waals surface area contributed by atoms with Gasteiger partial charge in [-0.05, 0) is 57.2 Å². The van der Waals surface area contributed by atoms with Crippen molar-refractivity contribution in [1.29, 1.82) is 0 Å². The smallest absolute Gasteiger partial charge is 0.295 e. The van der Waals surface area contributed by atoms with Gasteiger partial charge in [0.05, 0.1) is 16.5 Å². The molecule has 2 aromatic rings. The van der Waals surface area contributed by atoms with Crippen molar-refractivity contribution in [2.24, 2.45) is 17.3 Å². The number of benzene rings is 1. The van der Waals surface area contributed by atoms with Gasteiger partial charge in [-0.2, -0.15) is 5.10 Å². The fourth-order valence-electron chi connectivity index (χ4n) is 5.11. The number of anilines is 1. The van der Waals surface area contributed by atoms with E-state index in [1.807, 2.05) is 30.9 Å². The number of aromatic nitrogens is 2. The van der Waals surface area contributed by atoms with Gasteiger partial charge in [-0.25, -0.2) is 4.68 Å². The molecule has 33 heavy (non-hydrogen) atoms. The summed E-state index contributed by atoms with van der Waals surface area (Å²) < 4.78 is 1.63. The van der Waals surface area contributed by atoms with Gasteiger partial charge in [0.2, 0.25) is 5.91 Å². The van der Waals surface area contributed by atoms with E-state index in [9.17, 15) is 14.9 Å². The van der Waals surface area contributed by atoms with Crippen LogP contribution in [-0.2, 0) is 4.79 Å². The second-order valence-electron chi connectivity index (χ2n) is 10.2. The molecule has 2 fully saturated rings. The van der Waals surface area contributed by atoms with Gasteiger partial charge in [-0.3, -0.25) is 14.9 Å². The lowest BCUT2D eigenvalue weighted by Crippen LogP contribution is -2.49. The first-order chi connectivity index (χ1) is 15.5. The highest BCUT2D eigenvalue weighted by atomic mass is 16.6. The van der Waals surface area contributed by atoms with Crippen LogP contribution in [0.3, 0.4) is 0 Å². The Balaban J connectivity index is 1.50. The minimum absolute atomic E-state index is 0.0124. The maximum atomic E-state index is 13.2. The van der Waals surface area contributed by atoms with Crippen LogP contribution in [0, 0.1) is 41.2 Å². The van der Waals surface area contributed by atoms with Gasteiger partial charge in [0.25, 0.3) is 5.69 Å². The van der Waals surface area contributed by atoms with E-state index in [0.717, 1.165) is 17.1 Å². The van der Waals surface area contributed by atoms with Gasteiger partial charge in [0.1, 0.15) is 5.69 Å². The summed E-state index contributed by atoms with van der Waals surface area (Å²) in [5, 5.41) is 16.1. The van der Waals surface area contributed by atoms with Gasteiger partial charge in [0.15, 0.2) is 0 Å². The summed E-state index contributed by atoms with van der Waals surface area (Å²) in [6.07, 6.45) is 2.23. The van der Waals surface area contributed by atoms with Crippen LogP contribution in [0.25, 0.3) is 5.69 Å². The minimum Gasteiger partial charge on any atom is -0.368 e. The lowest BCUT2D eigenvalue weighted by Gasteiger charge is -2.36. The van der Waals surface area contributed by atoms with Crippen molar-refractivity contribution in [3.8, 4) is 5.69 Å². The van der Waals surface area contributed by atoms with Crippen LogP contribution < -0.4 is 4.90 Å². The Labute approximate surface area is 195 Å². The molecule has 0 spiro atoms. The van der Waals surface area contributed by atoms with Gasteiger partial charge in [-0.15, -0.1) is 0 Å². The van der Waals surface area contributed by atoms with Crippen LogP contribution in [0.5, 0.6) is 0 Å². The first kappa shape index (κ1) is 23.0. The van der Waals surface area contributed by atoms with Crippen LogP contribution in [0.1, 0.15) is 39.1 Å². The van der Waals surface area contributed by atoms with E-state index in [2.05, 4.69) is 43.8 Å². The molecule has 2 atom stereocenters. The first-order valence-corrected chi connectivity index (χ1v) is 11.5. The van der Waals surface area contributed by atoms with Crippen LogP contribution in [0.2, 0.25) is 0 Å². The fraction of sp³-hybridized carbons (Fsp3) is 0.520. The third kappa shape index (κ3) is 4.26. The summed E-state index contributed by atoms with van der Waals surface area (Å²) in [4.78, 5) is 28.6. The maximum absolute atomic E-state index is 13.2. The molecule has 1 aromatic heterocycles. The predicted molar refractivity (Wildman–Crippen MR) is 129 cm³/mol. The van der Waals surface area contributed by atoms with E-state index in [4.69, 9.17) is 0 Å². The first-order valence-electron chi connectivity index (χ1n) is 11.5. The van der Waals surface area contributed by atoms with E-state index in [-0.39, 0.29) is 27.9 Å². The Bertz CT molecular complexity index is 1120. The highest BCUT2D eigenvalue weighted by molar-refractivity contribution is 5.84. The van der Waals surface area contributed by atoms with Crippen molar-refractivity contribution in [3.63, 3.8) is 0 Å². The van der Waals surface area contributed by atoms with E-state index < -0.39 is 0 Å². The number of nitrogens with zero attached hydrogens (tertiary/aromatic N) is 5. The molecule has 1 saturated heterocycles. The highest BCUT2D eigenvalue weighted by Gasteiger charge is 2.61. The van der Waals surface area contributed by atoms with Crippen molar-refractivity contribution >= 4 is 17.3 Å². The average molecular weight is 452 g/mol. The molecule has 176 valence electrons. The molecule has 0 N–H and O–H groups in total. The predicted octanol–water partition coefficient (Wildman–Crippen LogP) is 4.28. The summed E-state index contributed by atoms with van der Waals surface area (Å²) in [5.74, 6) is 0.608. The van der Waals surface area contributed by atoms with Gasteiger partial charge < -0.3 is 9.80 Å². The summed E-state index contributed by atoms with van der Waals surface area (Å²) in [7, 11) is 0. The number of aryl methyl sites for hydroxylation is 2. The molecule has 1 saturated carbocycles. The van der Waals surface area contributed by atoms with Crippen molar-refractivity contribution in [1.82, 2.24) is 14.7 Å². The van der Waals surface area contributed by atoms with Crippen LogP contribution in [0.4, 0.5) is 11.4 Å². The number of piperazine rings is 1. The number of hydrogen-bond acceptors (Lipinski definition) is 5.